The zero-order valence-electron chi connectivity index (χ0n) is 24.3. The number of methoxy groups -OCH3 is 2. The Balaban J connectivity index is 1.34. The Hall–Kier alpha value is -3.61. The van der Waals surface area contributed by atoms with Crippen LogP contribution in [-0.4, -0.2) is 77.4 Å². The van der Waals surface area contributed by atoms with Crippen molar-refractivity contribution in [1.29, 1.82) is 0 Å². The molecule has 8 rings (SSSR count). The summed E-state index contributed by atoms with van der Waals surface area (Å²) in [7, 11) is -1.60. The molecule has 12 heteroatoms. The molecule has 11 nitrogen and oxygen atoms in total. The maximum atomic E-state index is 14.3. The number of anilines is 1. The first-order valence-electron chi connectivity index (χ1n) is 15.0. The molecule has 1 aromatic heterocycles. The molecule has 2 unspecified atom stereocenters. The van der Waals surface area contributed by atoms with Crippen molar-refractivity contribution in [2.24, 2.45) is 11.1 Å². The summed E-state index contributed by atoms with van der Waals surface area (Å²) in [6.07, 6.45) is 4.94. The van der Waals surface area contributed by atoms with E-state index in [9.17, 15) is 13.2 Å². The molecule has 3 aromatic rings. The summed E-state index contributed by atoms with van der Waals surface area (Å²) in [5, 5.41) is 13.8. The number of hydrogen-bond acceptors (Lipinski definition) is 9. The van der Waals surface area contributed by atoms with Crippen LogP contribution >= 0.6 is 0 Å². The van der Waals surface area contributed by atoms with Crippen molar-refractivity contribution in [2.45, 2.75) is 48.5 Å². The lowest BCUT2D eigenvalue weighted by molar-refractivity contribution is 0.0757. The van der Waals surface area contributed by atoms with Gasteiger partial charge in [-0.05, 0) is 61.8 Å². The van der Waals surface area contributed by atoms with Crippen LogP contribution in [0, 0.1) is 5.92 Å². The maximum Gasteiger partial charge on any atom is 0.254 e. The predicted molar refractivity (Wildman–Crippen MR) is 159 cm³/mol. The average molecular weight is 606 g/mol. The first kappa shape index (κ1) is 27.0. The first-order valence-corrected chi connectivity index (χ1v) is 16.5. The number of carbonyl (C=O) groups excluding carboxylic acids is 1. The average Bonchev–Trinajstić information content (AvgIpc) is 3.85. The van der Waals surface area contributed by atoms with Gasteiger partial charge in [0.25, 0.3) is 5.91 Å². The molecule has 3 aliphatic carbocycles. The van der Waals surface area contributed by atoms with Crippen LogP contribution in [-0.2, 0) is 21.9 Å². The minimum Gasteiger partial charge on any atom is -0.495 e. The van der Waals surface area contributed by atoms with Crippen molar-refractivity contribution in [3.8, 4) is 34.1 Å². The number of benzene rings is 2. The monoisotopic (exact) mass is 605 g/mol. The first-order chi connectivity index (χ1) is 20.7. The largest absolute Gasteiger partial charge is 0.495 e. The standard InChI is InChI=1S/C31H35N5O6S/c1-40-24-14-20(30(37)36-11-8-33-23-12-17(23)16-36)25(28(41-2)29(24)43(32,38)39)26-21-15-31(6-7-31)22-5-4-18(35-9-3-10-35)13-19(22)27(21)42-34-26/h4-5,13-14,17,23,33H,3,6-12,15-16H2,1-2H3,(H2,32,38,39). The molecule has 3 N–H and O–H groups in total. The van der Waals surface area contributed by atoms with Gasteiger partial charge in [-0.3, -0.25) is 4.79 Å². The second-order valence-corrected chi connectivity index (χ2v) is 14.1. The molecule has 0 radical (unpaired) electrons. The van der Waals surface area contributed by atoms with Crippen molar-refractivity contribution in [1.82, 2.24) is 15.4 Å². The van der Waals surface area contributed by atoms with Gasteiger partial charge in [0.15, 0.2) is 16.4 Å². The van der Waals surface area contributed by atoms with Crippen LogP contribution in [0.25, 0.3) is 22.6 Å². The van der Waals surface area contributed by atoms with Gasteiger partial charge in [-0.1, -0.05) is 11.2 Å². The number of aromatic nitrogens is 1. The number of nitrogens with two attached hydrogens (primary N) is 1. The van der Waals surface area contributed by atoms with Crippen molar-refractivity contribution in [3.63, 3.8) is 0 Å². The minimum absolute atomic E-state index is 0.0415. The summed E-state index contributed by atoms with van der Waals surface area (Å²) in [6, 6.07) is 8.51. The van der Waals surface area contributed by atoms with Crippen LogP contribution in [0.5, 0.6) is 11.5 Å². The number of amides is 1. The van der Waals surface area contributed by atoms with Gasteiger partial charge in [0.05, 0.1) is 25.3 Å². The maximum absolute atomic E-state index is 14.3. The number of carbonyl (C=O) groups is 1. The Morgan fingerprint density at radius 1 is 1.16 bits per heavy atom. The zero-order valence-corrected chi connectivity index (χ0v) is 25.1. The molecule has 2 aliphatic heterocycles. The topological polar surface area (TPSA) is 140 Å². The van der Waals surface area contributed by atoms with Gasteiger partial charge in [-0.2, -0.15) is 0 Å². The second-order valence-electron chi connectivity index (χ2n) is 12.6. The molecule has 2 saturated heterocycles. The summed E-state index contributed by atoms with van der Waals surface area (Å²) >= 11 is 0. The van der Waals surface area contributed by atoms with Gasteiger partial charge >= 0.3 is 0 Å². The van der Waals surface area contributed by atoms with E-state index in [1.54, 1.807) is 0 Å². The summed E-state index contributed by atoms with van der Waals surface area (Å²) in [6.45, 7) is 3.88. The molecule has 4 fully saturated rings. The van der Waals surface area contributed by atoms with Gasteiger partial charge in [0.2, 0.25) is 10.0 Å². The fraction of sp³-hybridized carbons (Fsp3) is 0.484. The molecule has 3 heterocycles. The number of rotatable bonds is 6. The van der Waals surface area contributed by atoms with E-state index < -0.39 is 10.0 Å². The summed E-state index contributed by atoms with van der Waals surface area (Å²) in [5.41, 5.74) is 5.15. The highest BCUT2D eigenvalue weighted by molar-refractivity contribution is 7.89. The lowest BCUT2D eigenvalue weighted by atomic mass is 9.77. The number of primary sulfonamides is 1. The van der Waals surface area contributed by atoms with Crippen LogP contribution in [0.15, 0.2) is 33.7 Å². The molecule has 226 valence electrons. The summed E-state index contributed by atoms with van der Waals surface area (Å²) in [5.74, 6) is 0.691. The van der Waals surface area contributed by atoms with Gasteiger partial charge in [0, 0.05) is 61.0 Å². The molecule has 0 bridgehead atoms. The molecule has 2 atom stereocenters. The fourth-order valence-electron chi connectivity index (χ4n) is 7.32. The minimum atomic E-state index is -4.32. The number of ether oxygens (including phenoxy) is 2. The van der Waals surface area contributed by atoms with E-state index >= 15 is 0 Å². The third kappa shape index (κ3) is 4.17. The highest BCUT2D eigenvalue weighted by atomic mass is 32.2. The van der Waals surface area contributed by atoms with E-state index in [0.29, 0.717) is 49.5 Å². The van der Waals surface area contributed by atoms with E-state index in [0.717, 1.165) is 49.2 Å². The molecular formula is C31H35N5O6S. The Kier molecular flexibility index (Phi) is 5.92. The number of fused-ring (bicyclic) bond motifs is 5. The Morgan fingerprint density at radius 2 is 1.98 bits per heavy atom. The normalized spacial score (nSPS) is 23.0. The molecule has 43 heavy (non-hydrogen) atoms. The van der Waals surface area contributed by atoms with E-state index in [1.165, 1.54) is 32.3 Å². The van der Waals surface area contributed by atoms with Gasteiger partial charge in [-0.15, -0.1) is 0 Å². The third-order valence-electron chi connectivity index (χ3n) is 10.0. The van der Waals surface area contributed by atoms with Crippen LogP contribution in [0.2, 0.25) is 0 Å². The van der Waals surface area contributed by atoms with Crippen molar-refractivity contribution < 1.29 is 27.2 Å². The smallest absolute Gasteiger partial charge is 0.254 e. The Morgan fingerprint density at radius 3 is 2.65 bits per heavy atom. The number of hydrogen-bond donors (Lipinski definition) is 2. The van der Waals surface area contributed by atoms with Crippen molar-refractivity contribution in [3.05, 3.63) is 41.0 Å². The van der Waals surface area contributed by atoms with Crippen LogP contribution in [0.1, 0.15) is 47.2 Å². The molecule has 2 saturated carbocycles. The van der Waals surface area contributed by atoms with Gasteiger partial charge in [0.1, 0.15) is 11.4 Å². The van der Waals surface area contributed by atoms with E-state index in [-0.39, 0.29) is 38.8 Å². The number of nitrogens with one attached hydrogen (secondary N) is 1. The quantitative estimate of drug-likeness (QED) is 0.434. The Labute approximate surface area is 250 Å². The lowest BCUT2D eigenvalue weighted by Crippen LogP contribution is -2.37. The fourth-order valence-corrected chi connectivity index (χ4v) is 8.18. The SMILES string of the molecule is COc1cc(C(=O)N2CCNC3CC3C2)c(-c2noc3c2CC2(CC2)c2ccc(N4CCC4)cc2-3)c(OC)c1S(N)(=O)=O. The molecular weight excluding hydrogens is 570 g/mol. The van der Waals surface area contributed by atoms with Crippen LogP contribution < -0.4 is 24.8 Å². The van der Waals surface area contributed by atoms with E-state index in [4.69, 9.17) is 19.1 Å². The number of nitrogens with zero attached hydrogens (tertiary/aromatic N) is 3. The highest BCUT2D eigenvalue weighted by Crippen LogP contribution is 2.60. The molecule has 2 aromatic carbocycles. The summed E-state index contributed by atoms with van der Waals surface area (Å²) < 4.78 is 43.3. The third-order valence-corrected chi connectivity index (χ3v) is 11.0. The lowest BCUT2D eigenvalue weighted by Gasteiger charge is -2.34. The number of sulfonamides is 1. The van der Waals surface area contributed by atoms with Crippen molar-refractivity contribution >= 4 is 21.6 Å². The van der Waals surface area contributed by atoms with Crippen LogP contribution in [0.3, 0.4) is 0 Å². The van der Waals surface area contributed by atoms with Crippen molar-refractivity contribution in [2.75, 3.05) is 51.8 Å². The second kappa shape index (κ2) is 9.44. The zero-order chi connectivity index (χ0) is 29.7. The molecule has 1 spiro atoms. The predicted octanol–water partition coefficient (Wildman–Crippen LogP) is 2.90. The highest BCUT2D eigenvalue weighted by Gasteiger charge is 2.51. The van der Waals surface area contributed by atoms with E-state index in [2.05, 4.69) is 33.6 Å². The van der Waals surface area contributed by atoms with Crippen LogP contribution in [0.4, 0.5) is 5.69 Å². The Bertz CT molecular complexity index is 1780. The van der Waals surface area contributed by atoms with E-state index in [1.807, 2.05) is 4.90 Å². The molecule has 1 amide bonds. The summed E-state index contributed by atoms with van der Waals surface area (Å²) in [4.78, 5) is 18.2. The van der Waals surface area contributed by atoms with Gasteiger partial charge in [-0.25, -0.2) is 13.6 Å². The van der Waals surface area contributed by atoms with Gasteiger partial charge < -0.3 is 29.1 Å². The molecule has 5 aliphatic rings.